The highest BCUT2D eigenvalue weighted by Crippen LogP contribution is 2.42. The number of rotatable bonds is 2. The zero-order valence-corrected chi connectivity index (χ0v) is 13.0. The van der Waals surface area contributed by atoms with Crippen LogP contribution in [0.3, 0.4) is 0 Å². The van der Waals surface area contributed by atoms with E-state index in [0.29, 0.717) is 22.8 Å². The van der Waals surface area contributed by atoms with Crippen molar-refractivity contribution in [3.05, 3.63) is 24.4 Å². The molecule has 0 unspecified atom stereocenters. The fourth-order valence-electron chi connectivity index (χ4n) is 2.47. The summed E-state index contributed by atoms with van der Waals surface area (Å²) in [6.07, 6.45) is 3.88. The van der Waals surface area contributed by atoms with Crippen LogP contribution in [0.2, 0.25) is 0 Å². The minimum absolute atomic E-state index is 0.228. The van der Waals surface area contributed by atoms with Gasteiger partial charge in [0.15, 0.2) is 21.4 Å². The van der Waals surface area contributed by atoms with Crippen molar-refractivity contribution in [2.24, 2.45) is 0 Å². The number of aromatic nitrogens is 3. The van der Waals surface area contributed by atoms with Crippen LogP contribution in [0.25, 0.3) is 27.4 Å². The van der Waals surface area contributed by atoms with Crippen LogP contribution in [0, 0.1) is 0 Å². The van der Waals surface area contributed by atoms with Gasteiger partial charge in [-0.2, -0.15) is 0 Å². The number of furan rings is 1. The maximum Gasteiger partial charge on any atom is 0.231 e. The van der Waals surface area contributed by atoms with Gasteiger partial charge in [-0.25, -0.2) is 9.50 Å². The number of thioether (sulfide) groups is 1. The summed E-state index contributed by atoms with van der Waals surface area (Å²) in [6.45, 7) is 0.228. The molecule has 0 saturated heterocycles. The number of hydrogen-bond acceptors (Lipinski definition) is 7. The van der Waals surface area contributed by atoms with Gasteiger partial charge in [0.25, 0.3) is 0 Å². The minimum Gasteiger partial charge on any atom is -0.453 e. The van der Waals surface area contributed by atoms with Crippen LogP contribution in [-0.2, 0) is 0 Å². The summed E-state index contributed by atoms with van der Waals surface area (Å²) in [6, 6.07) is 5.81. The fraction of sp³-hybridized carbons (Fsp3) is 0.143. The Morgan fingerprint density at radius 3 is 3.14 bits per heavy atom. The molecule has 110 valence electrons. The molecule has 0 N–H and O–H groups in total. The molecule has 1 aromatic carbocycles. The Morgan fingerprint density at radius 2 is 2.27 bits per heavy atom. The van der Waals surface area contributed by atoms with Crippen LogP contribution < -0.4 is 9.47 Å². The molecule has 1 aliphatic heterocycles. The van der Waals surface area contributed by atoms with E-state index in [1.54, 1.807) is 27.6 Å². The van der Waals surface area contributed by atoms with E-state index in [2.05, 4.69) is 10.1 Å². The van der Waals surface area contributed by atoms with Gasteiger partial charge in [-0.1, -0.05) is 23.1 Å². The van der Waals surface area contributed by atoms with Crippen molar-refractivity contribution in [3.63, 3.8) is 0 Å². The molecule has 4 aromatic rings. The first kappa shape index (κ1) is 12.4. The van der Waals surface area contributed by atoms with Crippen LogP contribution in [-0.4, -0.2) is 27.6 Å². The normalized spacial score (nSPS) is 13.5. The summed E-state index contributed by atoms with van der Waals surface area (Å²) in [5.41, 5.74) is 1.45. The topological polar surface area (TPSA) is 61.8 Å². The second kappa shape index (κ2) is 4.40. The third kappa shape index (κ3) is 1.68. The summed E-state index contributed by atoms with van der Waals surface area (Å²) in [4.78, 5) is 5.43. The molecule has 0 aliphatic carbocycles. The van der Waals surface area contributed by atoms with Crippen LogP contribution in [0.5, 0.6) is 11.5 Å². The van der Waals surface area contributed by atoms with Gasteiger partial charge in [0, 0.05) is 5.39 Å². The molecule has 8 heteroatoms. The highest BCUT2D eigenvalue weighted by Gasteiger charge is 2.21. The van der Waals surface area contributed by atoms with Crippen molar-refractivity contribution < 1.29 is 13.9 Å². The van der Waals surface area contributed by atoms with E-state index >= 15 is 0 Å². The summed E-state index contributed by atoms with van der Waals surface area (Å²) < 4.78 is 19.6. The molecule has 0 amide bonds. The third-order valence-corrected chi connectivity index (χ3v) is 5.37. The van der Waals surface area contributed by atoms with E-state index in [1.807, 2.05) is 30.7 Å². The van der Waals surface area contributed by atoms with Gasteiger partial charge in [0.1, 0.15) is 5.69 Å². The van der Waals surface area contributed by atoms with Crippen molar-refractivity contribution in [1.82, 2.24) is 14.6 Å². The van der Waals surface area contributed by atoms with Crippen LogP contribution >= 0.6 is 23.1 Å². The van der Waals surface area contributed by atoms with Gasteiger partial charge in [0.05, 0.1) is 6.20 Å². The summed E-state index contributed by atoms with van der Waals surface area (Å²) >= 11 is 3.17. The Balaban J connectivity index is 1.66. The summed E-state index contributed by atoms with van der Waals surface area (Å²) in [5, 5.41) is 5.40. The van der Waals surface area contributed by atoms with Gasteiger partial charge >= 0.3 is 0 Å². The zero-order chi connectivity index (χ0) is 14.7. The SMILES string of the molecule is CSc1nn2cc(-c3cc4ccc5c(c4o3)OCO5)nc2s1. The highest BCUT2D eigenvalue weighted by molar-refractivity contribution is 8.00. The lowest BCUT2D eigenvalue weighted by Gasteiger charge is -1.94. The molecule has 0 fully saturated rings. The van der Waals surface area contributed by atoms with Crippen LogP contribution in [0.15, 0.2) is 33.2 Å². The largest absolute Gasteiger partial charge is 0.453 e. The Kier molecular flexibility index (Phi) is 2.47. The van der Waals surface area contributed by atoms with Gasteiger partial charge in [-0.05, 0) is 24.5 Å². The van der Waals surface area contributed by atoms with Crippen molar-refractivity contribution in [2.75, 3.05) is 13.0 Å². The number of fused-ring (bicyclic) bond motifs is 4. The van der Waals surface area contributed by atoms with E-state index < -0.39 is 0 Å². The molecule has 0 spiro atoms. The first-order valence-electron chi connectivity index (χ1n) is 6.54. The molecular weight excluding hydrogens is 322 g/mol. The van der Waals surface area contributed by atoms with Gasteiger partial charge in [-0.15, -0.1) is 5.10 Å². The lowest BCUT2D eigenvalue weighted by Crippen LogP contribution is -1.93. The molecule has 0 saturated carbocycles. The first-order chi connectivity index (χ1) is 10.8. The van der Waals surface area contributed by atoms with E-state index in [1.165, 1.54) is 0 Å². The molecule has 6 nitrogen and oxygen atoms in total. The molecule has 1 aliphatic rings. The number of hydrogen-bond donors (Lipinski definition) is 0. The number of ether oxygens (including phenoxy) is 2. The minimum atomic E-state index is 0.228. The van der Waals surface area contributed by atoms with Gasteiger partial charge in [-0.3, -0.25) is 0 Å². The highest BCUT2D eigenvalue weighted by atomic mass is 32.2. The number of imidazole rings is 1. The Labute approximate surface area is 132 Å². The number of benzene rings is 1. The van der Waals surface area contributed by atoms with Crippen LogP contribution in [0.1, 0.15) is 0 Å². The summed E-state index contributed by atoms with van der Waals surface area (Å²) in [5.74, 6) is 2.07. The predicted octanol–water partition coefficient (Wildman–Crippen LogP) is 3.65. The van der Waals surface area contributed by atoms with E-state index in [-0.39, 0.29) is 6.79 Å². The van der Waals surface area contributed by atoms with Gasteiger partial charge < -0.3 is 13.9 Å². The Hall–Kier alpha value is -2.19. The molecule has 0 atom stereocenters. The smallest absolute Gasteiger partial charge is 0.231 e. The lowest BCUT2D eigenvalue weighted by molar-refractivity contribution is 0.174. The second-order valence-corrected chi connectivity index (χ2v) is 6.76. The number of nitrogens with zero attached hydrogens (tertiary/aromatic N) is 3. The Bertz CT molecular complexity index is 986. The van der Waals surface area contributed by atoms with E-state index in [0.717, 1.165) is 20.4 Å². The van der Waals surface area contributed by atoms with Crippen LogP contribution in [0.4, 0.5) is 0 Å². The van der Waals surface area contributed by atoms with E-state index in [9.17, 15) is 0 Å². The van der Waals surface area contributed by atoms with Crippen molar-refractivity contribution in [3.8, 4) is 23.0 Å². The molecule has 22 heavy (non-hydrogen) atoms. The first-order valence-corrected chi connectivity index (χ1v) is 8.59. The third-order valence-electron chi connectivity index (χ3n) is 3.47. The Morgan fingerprint density at radius 1 is 1.32 bits per heavy atom. The fourth-order valence-corrected chi connectivity index (χ4v) is 3.81. The predicted molar refractivity (Wildman–Crippen MR) is 84.0 cm³/mol. The monoisotopic (exact) mass is 331 g/mol. The average molecular weight is 331 g/mol. The quantitative estimate of drug-likeness (QED) is 0.523. The summed E-state index contributed by atoms with van der Waals surface area (Å²) in [7, 11) is 0. The van der Waals surface area contributed by atoms with Crippen molar-refractivity contribution in [2.45, 2.75) is 4.34 Å². The standard InChI is InChI=1S/C14H9N3O3S2/c1-21-14-16-17-5-8(15-13(17)22-14)10-4-7-2-3-9-12(11(7)20-10)19-6-18-9/h2-5H,6H2,1H3. The maximum absolute atomic E-state index is 5.94. The molecule has 0 radical (unpaired) electrons. The molecular formula is C14H9N3O3S2. The molecule has 4 heterocycles. The zero-order valence-electron chi connectivity index (χ0n) is 11.4. The van der Waals surface area contributed by atoms with E-state index in [4.69, 9.17) is 13.9 Å². The molecule has 0 bridgehead atoms. The lowest BCUT2D eigenvalue weighted by atomic mass is 10.2. The molecule has 3 aromatic heterocycles. The van der Waals surface area contributed by atoms with Gasteiger partial charge in [0.2, 0.25) is 17.5 Å². The van der Waals surface area contributed by atoms with Crippen molar-refractivity contribution in [1.29, 1.82) is 0 Å². The maximum atomic E-state index is 5.94. The second-order valence-electron chi connectivity index (χ2n) is 4.75. The van der Waals surface area contributed by atoms with Crippen molar-refractivity contribution >= 4 is 39.0 Å². The average Bonchev–Trinajstić information content (AvgIpc) is 3.26. The molecule has 5 rings (SSSR count).